The van der Waals surface area contributed by atoms with Crippen LogP contribution in [0.4, 0.5) is 5.82 Å². The highest BCUT2D eigenvalue weighted by Gasteiger charge is 2.34. The molecule has 1 atom stereocenters. The zero-order chi connectivity index (χ0) is 17.3. The standard InChI is InChI=1S/C17H23ClN2O2S/c1-16(2,3)14-10-15(20-22-14)19-11-17(4,5)23(21)13-8-6-12(18)7-9-13/h6-10H,11H2,1-5H3,(H,19,20). The summed E-state index contributed by atoms with van der Waals surface area (Å²) in [5, 5.41) is 7.88. The van der Waals surface area contributed by atoms with Crippen LogP contribution >= 0.6 is 11.6 Å². The maximum Gasteiger partial charge on any atom is 0.169 e. The normalized spacial score (nSPS) is 13.9. The molecule has 0 amide bonds. The van der Waals surface area contributed by atoms with Crippen molar-refractivity contribution in [3.8, 4) is 0 Å². The minimum absolute atomic E-state index is 0.0887. The SMILES string of the molecule is CC(C)(C)c1cc(NCC(C)(C)[S+]([O-])c2ccc(Cl)cc2)no1. The summed E-state index contributed by atoms with van der Waals surface area (Å²) in [7, 11) is 0. The van der Waals surface area contributed by atoms with Crippen molar-refractivity contribution in [2.45, 2.75) is 49.7 Å². The lowest BCUT2D eigenvalue weighted by molar-refractivity contribution is 0.330. The number of nitrogens with zero attached hydrogens (tertiary/aromatic N) is 1. The van der Waals surface area contributed by atoms with Gasteiger partial charge in [0.2, 0.25) is 0 Å². The molecule has 0 saturated heterocycles. The Kier molecular flexibility index (Phi) is 5.33. The molecule has 1 heterocycles. The van der Waals surface area contributed by atoms with Crippen molar-refractivity contribution in [1.29, 1.82) is 0 Å². The number of rotatable bonds is 5. The van der Waals surface area contributed by atoms with E-state index in [2.05, 4.69) is 31.2 Å². The molecule has 1 aromatic heterocycles. The van der Waals surface area contributed by atoms with Gasteiger partial charge in [-0.15, -0.1) is 0 Å². The fraction of sp³-hybridized carbons (Fsp3) is 0.471. The van der Waals surface area contributed by atoms with Crippen molar-refractivity contribution in [3.05, 3.63) is 41.1 Å². The minimum Gasteiger partial charge on any atom is -0.611 e. The molecular weight excluding hydrogens is 332 g/mol. The Hall–Kier alpha value is -1.17. The molecule has 0 fully saturated rings. The summed E-state index contributed by atoms with van der Waals surface area (Å²) in [6.07, 6.45) is 0. The van der Waals surface area contributed by atoms with Crippen LogP contribution in [0.1, 0.15) is 40.4 Å². The topological polar surface area (TPSA) is 61.1 Å². The van der Waals surface area contributed by atoms with Gasteiger partial charge in [-0.25, -0.2) is 0 Å². The number of benzene rings is 1. The lowest BCUT2D eigenvalue weighted by Crippen LogP contribution is -2.39. The van der Waals surface area contributed by atoms with Gasteiger partial charge < -0.3 is 14.4 Å². The van der Waals surface area contributed by atoms with Crippen LogP contribution < -0.4 is 5.32 Å². The fourth-order valence-electron chi connectivity index (χ4n) is 1.96. The van der Waals surface area contributed by atoms with Crippen molar-refractivity contribution in [3.63, 3.8) is 0 Å². The number of hydrogen-bond acceptors (Lipinski definition) is 4. The second kappa shape index (κ2) is 6.75. The van der Waals surface area contributed by atoms with E-state index in [1.54, 1.807) is 24.3 Å². The van der Waals surface area contributed by atoms with Gasteiger partial charge in [0.1, 0.15) is 10.5 Å². The summed E-state index contributed by atoms with van der Waals surface area (Å²) in [6, 6.07) is 9.00. The average Bonchev–Trinajstić information content (AvgIpc) is 2.94. The molecule has 0 saturated carbocycles. The van der Waals surface area contributed by atoms with Crippen LogP contribution in [0.3, 0.4) is 0 Å². The minimum atomic E-state index is -1.17. The van der Waals surface area contributed by atoms with E-state index in [0.29, 0.717) is 17.4 Å². The number of hydrogen-bond donors (Lipinski definition) is 1. The van der Waals surface area contributed by atoms with E-state index in [1.165, 1.54) is 0 Å². The number of nitrogens with one attached hydrogen (secondary N) is 1. The average molecular weight is 355 g/mol. The Morgan fingerprint density at radius 2 is 1.78 bits per heavy atom. The second-order valence-electron chi connectivity index (χ2n) is 7.16. The predicted molar refractivity (Wildman–Crippen MR) is 95.6 cm³/mol. The molecule has 23 heavy (non-hydrogen) atoms. The lowest BCUT2D eigenvalue weighted by Gasteiger charge is -2.28. The van der Waals surface area contributed by atoms with Gasteiger partial charge in [0.25, 0.3) is 0 Å². The van der Waals surface area contributed by atoms with Crippen LogP contribution in [0, 0.1) is 0 Å². The first-order valence-corrected chi connectivity index (χ1v) is 9.01. The summed E-state index contributed by atoms with van der Waals surface area (Å²) in [5.74, 6) is 1.48. The predicted octanol–water partition coefficient (Wildman–Crippen LogP) is 4.62. The van der Waals surface area contributed by atoms with Gasteiger partial charge in [0, 0.05) is 16.5 Å². The van der Waals surface area contributed by atoms with E-state index in [0.717, 1.165) is 10.7 Å². The summed E-state index contributed by atoms with van der Waals surface area (Å²) < 4.78 is 17.6. The van der Waals surface area contributed by atoms with Crippen LogP contribution in [-0.2, 0) is 16.6 Å². The van der Waals surface area contributed by atoms with Gasteiger partial charge in [0.15, 0.2) is 10.7 Å². The van der Waals surface area contributed by atoms with Crippen molar-refractivity contribution in [2.24, 2.45) is 0 Å². The van der Waals surface area contributed by atoms with E-state index in [1.807, 2.05) is 19.9 Å². The Labute approximate surface area is 145 Å². The van der Waals surface area contributed by atoms with Crippen LogP contribution in [0.5, 0.6) is 0 Å². The van der Waals surface area contributed by atoms with Crippen molar-refractivity contribution in [1.82, 2.24) is 5.16 Å². The molecule has 4 nitrogen and oxygen atoms in total. The Morgan fingerprint density at radius 1 is 1.17 bits per heavy atom. The number of aromatic nitrogens is 1. The molecule has 0 radical (unpaired) electrons. The molecule has 0 spiro atoms. The molecule has 6 heteroatoms. The van der Waals surface area contributed by atoms with Gasteiger partial charge in [-0.3, -0.25) is 0 Å². The molecular formula is C17H23ClN2O2S. The van der Waals surface area contributed by atoms with Crippen molar-refractivity contribution < 1.29 is 9.08 Å². The highest BCUT2D eigenvalue weighted by molar-refractivity contribution is 7.92. The number of anilines is 1. The molecule has 1 aromatic carbocycles. The van der Waals surface area contributed by atoms with Crippen LogP contribution in [0.2, 0.25) is 5.02 Å². The first kappa shape index (κ1) is 18.2. The molecule has 0 aliphatic carbocycles. The zero-order valence-corrected chi connectivity index (χ0v) is 15.7. The Balaban J connectivity index is 2.03. The van der Waals surface area contributed by atoms with Crippen LogP contribution in [-0.4, -0.2) is 21.0 Å². The molecule has 126 valence electrons. The van der Waals surface area contributed by atoms with Gasteiger partial charge in [-0.1, -0.05) is 37.5 Å². The molecule has 2 aromatic rings. The van der Waals surface area contributed by atoms with Gasteiger partial charge in [-0.05, 0) is 49.3 Å². The second-order valence-corrected chi connectivity index (χ2v) is 9.71. The summed E-state index contributed by atoms with van der Waals surface area (Å²) in [5.41, 5.74) is -0.0887. The molecule has 1 N–H and O–H groups in total. The van der Waals surface area contributed by atoms with E-state index in [9.17, 15) is 4.55 Å². The molecule has 0 aliphatic heterocycles. The summed E-state index contributed by atoms with van der Waals surface area (Å²) in [4.78, 5) is 0.761. The highest BCUT2D eigenvalue weighted by atomic mass is 35.5. The summed E-state index contributed by atoms with van der Waals surface area (Å²) in [6.45, 7) is 10.6. The zero-order valence-electron chi connectivity index (χ0n) is 14.1. The molecule has 0 aliphatic rings. The van der Waals surface area contributed by atoms with Gasteiger partial charge in [0.05, 0.1) is 6.54 Å². The smallest absolute Gasteiger partial charge is 0.169 e. The van der Waals surface area contributed by atoms with Crippen molar-refractivity contribution >= 4 is 28.6 Å². The van der Waals surface area contributed by atoms with Gasteiger partial charge in [-0.2, -0.15) is 0 Å². The van der Waals surface area contributed by atoms with E-state index >= 15 is 0 Å². The third-order valence-corrected chi connectivity index (χ3v) is 5.57. The van der Waals surface area contributed by atoms with Crippen molar-refractivity contribution in [2.75, 3.05) is 11.9 Å². The monoisotopic (exact) mass is 354 g/mol. The van der Waals surface area contributed by atoms with E-state index < -0.39 is 15.9 Å². The first-order chi connectivity index (χ1) is 10.6. The third kappa shape index (κ3) is 4.66. The highest BCUT2D eigenvalue weighted by Crippen LogP contribution is 2.28. The lowest BCUT2D eigenvalue weighted by atomic mass is 9.93. The first-order valence-electron chi connectivity index (χ1n) is 7.48. The third-order valence-electron chi connectivity index (χ3n) is 3.47. The largest absolute Gasteiger partial charge is 0.611 e. The number of halogens is 1. The van der Waals surface area contributed by atoms with Crippen LogP contribution in [0.25, 0.3) is 0 Å². The van der Waals surface area contributed by atoms with Crippen LogP contribution in [0.15, 0.2) is 39.8 Å². The van der Waals surface area contributed by atoms with Gasteiger partial charge >= 0.3 is 0 Å². The fourth-order valence-corrected chi connectivity index (χ4v) is 3.31. The summed E-state index contributed by atoms with van der Waals surface area (Å²) >= 11 is 4.72. The Bertz CT molecular complexity index is 647. The molecule has 1 unspecified atom stereocenters. The molecule has 2 rings (SSSR count). The maximum absolute atomic E-state index is 12.7. The molecule has 0 bridgehead atoms. The Morgan fingerprint density at radius 3 is 2.30 bits per heavy atom. The van der Waals surface area contributed by atoms with E-state index in [-0.39, 0.29) is 5.41 Å². The maximum atomic E-state index is 12.7. The van der Waals surface area contributed by atoms with E-state index in [4.69, 9.17) is 16.1 Å². The quantitative estimate of drug-likeness (QED) is 0.795.